The highest BCUT2D eigenvalue weighted by Gasteiger charge is 2.26. The molecule has 0 saturated carbocycles. The minimum absolute atomic E-state index is 0.202. The number of unbranched alkanes of at least 4 members (excludes halogenated alkanes) is 1. The van der Waals surface area contributed by atoms with Crippen LogP contribution in [0.5, 0.6) is 0 Å². The van der Waals surface area contributed by atoms with Gasteiger partial charge in [-0.3, -0.25) is 0 Å². The Hall–Kier alpha value is -0.790. The van der Waals surface area contributed by atoms with Crippen LogP contribution in [0.4, 0.5) is 0 Å². The van der Waals surface area contributed by atoms with Crippen molar-refractivity contribution < 1.29 is 4.42 Å². The highest BCUT2D eigenvalue weighted by atomic mass is 16.3. The lowest BCUT2D eigenvalue weighted by Crippen LogP contribution is -2.21. The van der Waals surface area contributed by atoms with Gasteiger partial charge >= 0.3 is 0 Å². The Morgan fingerprint density at radius 2 is 2.14 bits per heavy atom. The van der Waals surface area contributed by atoms with Gasteiger partial charge in [0, 0.05) is 12.3 Å². The van der Waals surface area contributed by atoms with Crippen LogP contribution in [0.25, 0.3) is 0 Å². The third-order valence-corrected chi connectivity index (χ3v) is 3.10. The molecule has 0 spiro atoms. The second kappa shape index (κ2) is 4.63. The standard InChI is InChI=1S/C12H21NO/c1-5-7-8-12(4,6-2)11-9-14-10(3)13-11/h9H,5-8H2,1-4H3. The van der Waals surface area contributed by atoms with E-state index in [9.17, 15) is 0 Å². The van der Waals surface area contributed by atoms with Gasteiger partial charge in [0.1, 0.15) is 6.26 Å². The molecule has 2 heteroatoms. The maximum atomic E-state index is 5.28. The molecule has 1 heterocycles. The third-order valence-electron chi connectivity index (χ3n) is 3.10. The van der Waals surface area contributed by atoms with Crippen molar-refractivity contribution in [3.63, 3.8) is 0 Å². The van der Waals surface area contributed by atoms with E-state index in [1.807, 2.05) is 13.2 Å². The van der Waals surface area contributed by atoms with Crippen LogP contribution in [0.2, 0.25) is 0 Å². The molecule has 0 aromatic carbocycles. The fourth-order valence-corrected chi connectivity index (χ4v) is 1.69. The van der Waals surface area contributed by atoms with E-state index in [2.05, 4.69) is 25.8 Å². The summed E-state index contributed by atoms with van der Waals surface area (Å²) in [6.45, 7) is 8.63. The fourth-order valence-electron chi connectivity index (χ4n) is 1.69. The van der Waals surface area contributed by atoms with Crippen LogP contribution in [-0.2, 0) is 5.41 Å². The Bertz CT molecular complexity index is 280. The van der Waals surface area contributed by atoms with Crippen LogP contribution in [0.1, 0.15) is 58.0 Å². The second-order valence-electron chi connectivity index (χ2n) is 4.27. The smallest absolute Gasteiger partial charge is 0.191 e. The average molecular weight is 195 g/mol. The quantitative estimate of drug-likeness (QED) is 0.713. The van der Waals surface area contributed by atoms with Crippen LogP contribution < -0.4 is 0 Å². The molecule has 0 radical (unpaired) electrons. The summed E-state index contributed by atoms with van der Waals surface area (Å²) in [4.78, 5) is 4.44. The van der Waals surface area contributed by atoms with Gasteiger partial charge in [-0.2, -0.15) is 0 Å². The first kappa shape index (κ1) is 11.3. The van der Waals surface area contributed by atoms with Crippen molar-refractivity contribution in [2.24, 2.45) is 0 Å². The largest absolute Gasteiger partial charge is 0.449 e. The molecule has 0 aliphatic carbocycles. The van der Waals surface area contributed by atoms with Crippen molar-refractivity contribution in [1.82, 2.24) is 4.98 Å². The van der Waals surface area contributed by atoms with E-state index in [0.717, 1.165) is 18.0 Å². The summed E-state index contributed by atoms with van der Waals surface area (Å²) < 4.78 is 5.28. The second-order valence-corrected chi connectivity index (χ2v) is 4.27. The lowest BCUT2D eigenvalue weighted by Gasteiger charge is -2.25. The predicted octanol–water partition coefficient (Wildman–Crippen LogP) is 3.84. The monoisotopic (exact) mass is 195 g/mol. The van der Waals surface area contributed by atoms with Gasteiger partial charge in [0.15, 0.2) is 5.89 Å². The van der Waals surface area contributed by atoms with Gasteiger partial charge in [0.05, 0.1) is 5.69 Å². The summed E-state index contributed by atoms with van der Waals surface area (Å²) in [7, 11) is 0. The fraction of sp³-hybridized carbons (Fsp3) is 0.750. The SMILES string of the molecule is CCCCC(C)(CC)c1coc(C)n1. The zero-order chi connectivity index (χ0) is 10.6. The molecular formula is C12H21NO. The van der Waals surface area contributed by atoms with E-state index >= 15 is 0 Å². The summed E-state index contributed by atoms with van der Waals surface area (Å²) in [5, 5.41) is 0. The van der Waals surface area contributed by atoms with Crippen molar-refractivity contribution >= 4 is 0 Å². The van der Waals surface area contributed by atoms with Gasteiger partial charge in [0.25, 0.3) is 0 Å². The molecule has 14 heavy (non-hydrogen) atoms. The number of aromatic nitrogens is 1. The molecule has 1 aromatic rings. The molecule has 1 aromatic heterocycles. The molecule has 1 atom stereocenters. The molecule has 0 saturated heterocycles. The van der Waals surface area contributed by atoms with E-state index in [-0.39, 0.29) is 5.41 Å². The van der Waals surface area contributed by atoms with E-state index in [1.54, 1.807) is 0 Å². The molecule has 0 bridgehead atoms. The topological polar surface area (TPSA) is 26.0 Å². The van der Waals surface area contributed by atoms with Crippen LogP contribution >= 0.6 is 0 Å². The first-order valence-electron chi connectivity index (χ1n) is 5.55. The molecular weight excluding hydrogens is 174 g/mol. The molecule has 0 fully saturated rings. The molecule has 0 amide bonds. The average Bonchev–Trinajstić information content (AvgIpc) is 2.62. The van der Waals surface area contributed by atoms with E-state index < -0.39 is 0 Å². The molecule has 1 rings (SSSR count). The minimum atomic E-state index is 0.202. The Balaban J connectivity index is 2.78. The zero-order valence-electron chi connectivity index (χ0n) is 9.76. The lowest BCUT2D eigenvalue weighted by atomic mass is 9.80. The number of rotatable bonds is 5. The Kier molecular flexibility index (Phi) is 3.73. The summed E-state index contributed by atoms with van der Waals surface area (Å²) in [6, 6.07) is 0. The first-order chi connectivity index (χ1) is 6.62. The third kappa shape index (κ3) is 2.37. The molecule has 1 unspecified atom stereocenters. The van der Waals surface area contributed by atoms with Crippen LogP contribution in [-0.4, -0.2) is 4.98 Å². The van der Waals surface area contributed by atoms with Crippen LogP contribution in [0, 0.1) is 6.92 Å². The van der Waals surface area contributed by atoms with Crippen LogP contribution in [0.15, 0.2) is 10.7 Å². The van der Waals surface area contributed by atoms with E-state index in [4.69, 9.17) is 4.42 Å². The maximum absolute atomic E-state index is 5.28. The lowest BCUT2D eigenvalue weighted by molar-refractivity contribution is 0.391. The number of oxazole rings is 1. The van der Waals surface area contributed by atoms with Crippen LogP contribution in [0.3, 0.4) is 0 Å². The first-order valence-corrected chi connectivity index (χ1v) is 5.55. The number of nitrogens with zero attached hydrogens (tertiary/aromatic N) is 1. The number of hydrogen-bond donors (Lipinski definition) is 0. The molecule has 80 valence electrons. The van der Waals surface area contributed by atoms with Gasteiger partial charge < -0.3 is 4.42 Å². The Morgan fingerprint density at radius 3 is 2.57 bits per heavy atom. The highest BCUT2D eigenvalue weighted by Crippen LogP contribution is 2.32. The van der Waals surface area contributed by atoms with E-state index in [1.165, 1.54) is 19.3 Å². The van der Waals surface area contributed by atoms with Gasteiger partial charge in [-0.1, -0.05) is 33.6 Å². The van der Waals surface area contributed by atoms with Crippen molar-refractivity contribution in [2.75, 3.05) is 0 Å². The van der Waals surface area contributed by atoms with Crippen molar-refractivity contribution in [1.29, 1.82) is 0 Å². The summed E-state index contributed by atoms with van der Waals surface area (Å²) in [6.07, 6.45) is 6.64. The summed E-state index contributed by atoms with van der Waals surface area (Å²) in [5.74, 6) is 0.774. The molecule has 0 aliphatic heterocycles. The molecule has 2 nitrogen and oxygen atoms in total. The number of hydrogen-bond acceptors (Lipinski definition) is 2. The normalized spacial score (nSPS) is 15.4. The van der Waals surface area contributed by atoms with Crippen molar-refractivity contribution in [2.45, 2.75) is 58.8 Å². The molecule has 0 N–H and O–H groups in total. The van der Waals surface area contributed by atoms with Gasteiger partial charge in [-0.15, -0.1) is 0 Å². The summed E-state index contributed by atoms with van der Waals surface area (Å²) in [5.41, 5.74) is 1.32. The van der Waals surface area contributed by atoms with E-state index in [0.29, 0.717) is 0 Å². The maximum Gasteiger partial charge on any atom is 0.191 e. The molecule has 0 aliphatic rings. The minimum Gasteiger partial charge on any atom is -0.449 e. The van der Waals surface area contributed by atoms with Crippen molar-refractivity contribution in [3.05, 3.63) is 17.8 Å². The Labute approximate surface area is 86.7 Å². The number of aryl methyl sites for hydroxylation is 1. The highest BCUT2D eigenvalue weighted by molar-refractivity contribution is 5.11. The zero-order valence-corrected chi connectivity index (χ0v) is 9.76. The Morgan fingerprint density at radius 1 is 1.43 bits per heavy atom. The van der Waals surface area contributed by atoms with Gasteiger partial charge in [0.2, 0.25) is 0 Å². The van der Waals surface area contributed by atoms with Gasteiger partial charge in [-0.05, 0) is 12.8 Å². The predicted molar refractivity (Wildman–Crippen MR) is 58.4 cm³/mol. The van der Waals surface area contributed by atoms with Gasteiger partial charge in [-0.25, -0.2) is 4.98 Å². The van der Waals surface area contributed by atoms with Crippen molar-refractivity contribution in [3.8, 4) is 0 Å². The summed E-state index contributed by atoms with van der Waals surface area (Å²) >= 11 is 0.